The van der Waals surface area contributed by atoms with Crippen LogP contribution in [0.5, 0.6) is 0 Å². The number of rotatable bonds is 4. The van der Waals surface area contributed by atoms with E-state index in [0.717, 1.165) is 0 Å². The van der Waals surface area contributed by atoms with E-state index in [9.17, 15) is 26.7 Å². The molecule has 14 heavy (non-hydrogen) atoms. The van der Waals surface area contributed by atoms with Crippen molar-refractivity contribution >= 4 is 5.97 Å². The van der Waals surface area contributed by atoms with Gasteiger partial charge in [-0.1, -0.05) is 0 Å². The lowest BCUT2D eigenvalue weighted by Crippen LogP contribution is -2.31. The van der Waals surface area contributed by atoms with Gasteiger partial charge in [0.15, 0.2) is 0 Å². The molecule has 0 aliphatic heterocycles. The number of esters is 1. The predicted octanol–water partition coefficient (Wildman–Crippen LogP) is 1.61. The summed E-state index contributed by atoms with van der Waals surface area (Å²) in [6.07, 6.45) is -5.24. The Morgan fingerprint density at radius 3 is 2.07 bits per heavy atom. The summed E-state index contributed by atoms with van der Waals surface area (Å²) in [5, 5.41) is 0. The molecule has 0 N–H and O–H groups in total. The van der Waals surface area contributed by atoms with Gasteiger partial charge < -0.3 is 4.74 Å². The number of ether oxygens (including phenoxy) is 3. The highest BCUT2D eigenvalue weighted by Crippen LogP contribution is 2.21. The van der Waals surface area contributed by atoms with Gasteiger partial charge in [0.1, 0.15) is 0 Å². The molecule has 0 spiro atoms. The van der Waals surface area contributed by atoms with E-state index < -0.39 is 25.4 Å². The fraction of sp³-hybridized carbons (Fsp3) is 0.800. The predicted molar refractivity (Wildman–Crippen MR) is 29.8 cm³/mol. The smallest absolute Gasteiger partial charge is 0.410 e. The van der Waals surface area contributed by atoms with Crippen molar-refractivity contribution in [1.29, 1.82) is 0 Å². The number of hydrogen-bond acceptors (Lipinski definition) is 4. The summed E-state index contributed by atoms with van der Waals surface area (Å²) in [6.45, 7) is -5.64. The van der Waals surface area contributed by atoms with E-state index in [4.69, 9.17) is 0 Å². The number of hydrogen-bond donors (Lipinski definition) is 0. The van der Waals surface area contributed by atoms with Crippen LogP contribution in [0.1, 0.15) is 6.92 Å². The van der Waals surface area contributed by atoms with Crippen LogP contribution in [0.2, 0.25) is 0 Å². The highest BCUT2D eigenvalue weighted by molar-refractivity contribution is 5.65. The molecule has 0 aromatic heterocycles. The molecule has 4 nitrogen and oxygen atoms in total. The molecule has 0 saturated heterocycles. The van der Waals surface area contributed by atoms with Crippen LogP contribution in [0.25, 0.3) is 0 Å². The lowest BCUT2D eigenvalue weighted by Gasteiger charge is -2.17. The number of carbonyl (C=O) groups excluding carboxylic acids is 1. The minimum Gasteiger partial charge on any atom is -0.410 e. The summed E-state index contributed by atoms with van der Waals surface area (Å²) in [4.78, 5) is 10.1. The monoisotopic (exact) mass is 224 g/mol. The highest BCUT2D eigenvalue weighted by Gasteiger charge is 2.37. The first-order valence-electron chi connectivity index (χ1n) is 3.06. The summed E-state index contributed by atoms with van der Waals surface area (Å²) >= 11 is 0. The largest absolute Gasteiger partial charge is 0.527 e. The molecule has 0 amide bonds. The zero-order valence-electron chi connectivity index (χ0n) is 6.68. The third-order valence-corrected chi connectivity index (χ3v) is 0.706. The molecule has 0 aliphatic rings. The Bertz CT molecular complexity index is 191. The van der Waals surface area contributed by atoms with Gasteiger partial charge in [-0.2, -0.15) is 8.78 Å². The van der Waals surface area contributed by atoms with E-state index in [1.54, 1.807) is 0 Å². The molecule has 84 valence electrons. The van der Waals surface area contributed by atoms with Crippen LogP contribution < -0.4 is 0 Å². The summed E-state index contributed by atoms with van der Waals surface area (Å²) in [5.41, 5.74) is 0. The van der Waals surface area contributed by atoms with Gasteiger partial charge in [-0.25, -0.2) is 4.74 Å². The van der Waals surface area contributed by atoms with E-state index in [1.807, 2.05) is 0 Å². The lowest BCUT2D eigenvalue weighted by molar-refractivity contribution is -0.440. The lowest BCUT2D eigenvalue weighted by atomic mass is 10.8. The summed E-state index contributed by atoms with van der Waals surface area (Å²) in [7, 11) is 0. The quantitative estimate of drug-likeness (QED) is 0.413. The minimum absolute atomic E-state index is 0.710. The fourth-order valence-electron chi connectivity index (χ4n) is 0.408. The molecular weight excluding hydrogens is 219 g/mol. The van der Waals surface area contributed by atoms with Crippen LogP contribution in [0.3, 0.4) is 0 Å². The van der Waals surface area contributed by atoms with Crippen molar-refractivity contribution in [2.24, 2.45) is 0 Å². The molecule has 0 saturated carbocycles. The molecule has 0 radical (unpaired) electrons. The molecule has 1 unspecified atom stereocenters. The van der Waals surface area contributed by atoms with E-state index in [2.05, 4.69) is 14.2 Å². The second kappa shape index (κ2) is 5.05. The van der Waals surface area contributed by atoms with Crippen molar-refractivity contribution in [2.75, 3.05) is 0 Å². The van der Waals surface area contributed by atoms with Gasteiger partial charge in [0.25, 0.3) is 0 Å². The minimum atomic E-state index is -5.24. The van der Waals surface area contributed by atoms with Crippen LogP contribution in [0.15, 0.2) is 0 Å². The third-order valence-electron chi connectivity index (χ3n) is 0.706. The fourth-order valence-corrected chi connectivity index (χ4v) is 0.408. The molecular formula is C5H5F5O4. The zero-order chi connectivity index (χ0) is 11.4. The highest BCUT2D eigenvalue weighted by atomic mass is 19.4. The van der Waals surface area contributed by atoms with Crippen molar-refractivity contribution < 1.29 is 41.0 Å². The molecule has 1 atom stereocenters. The average Bonchev–Trinajstić information content (AvgIpc) is 1.77. The number of alkyl halides is 5. The van der Waals surface area contributed by atoms with Crippen molar-refractivity contribution in [3.05, 3.63) is 0 Å². The summed E-state index contributed by atoms with van der Waals surface area (Å²) in [6, 6.07) is 0. The molecule has 0 aromatic carbocycles. The second-order valence-electron chi connectivity index (χ2n) is 1.86. The summed E-state index contributed by atoms with van der Waals surface area (Å²) in [5.74, 6) is -1.25. The third kappa shape index (κ3) is 7.68. The Hall–Kier alpha value is -0.960. The Kier molecular flexibility index (Phi) is 4.71. The zero-order valence-corrected chi connectivity index (χ0v) is 6.68. The van der Waals surface area contributed by atoms with Crippen LogP contribution in [-0.2, 0) is 19.0 Å². The normalized spacial score (nSPS) is 14.2. The Morgan fingerprint density at radius 1 is 1.29 bits per heavy atom. The number of halogens is 5. The van der Waals surface area contributed by atoms with Crippen LogP contribution >= 0.6 is 0 Å². The van der Waals surface area contributed by atoms with Gasteiger partial charge in [0.05, 0.1) is 0 Å². The van der Waals surface area contributed by atoms with Crippen molar-refractivity contribution in [3.8, 4) is 0 Å². The first-order chi connectivity index (χ1) is 6.20. The summed E-state index contributed by atoms with van der Waals surface area (Å²) < 4.78 is 67.1. The standard InChI is InChI=1S/C5H5F5O4/c1-2(11)12-4(13-3(6)7)14-5(8,9)10/h3-4H,1H3. The first-order valence-corrected chi connectivity index (χ1v) is 3.06. The Morgan fingerprint density at radius 2 is 1.79 bits per heavy atom. The van der Waals surface area contributed by atoms with E-state index in [-0.39, 0.29) is 0 Å². The maximum absolute atomic E-state index is 11.5. The molecule has 0 rings (SSSR count). The first kappa shape index (κ1) is 13.0. The number of carbonyl (C=O) groups is 1. The van der Waals surface area contributed by atoms with E-state index >= 15 is 0 Å². The van der Waals surface area contributed by atoms with Crippen LogP contribution in [-0.4, -0.2) is 25.4 Å². The van der Waals surface area contributed by atoms with E-state index in [1.165, 1.54) is 0 Å². The SMILES string of the molecule is CC(=O)OC(OC(F)F)OC(F)(F)F. The van der Waals surface area contributed by atoms with Crippen LogP contribution in [0, 0.1) is 0 Å². The topological polar surface area (TPSA) is 44.8 Å². The van der Waals surface area contributed by atoms with Gasteiger partial charge in [0, 0.05) is 6.92 Å². The second-order valence-corrected chi connectivity index (χ2v) is 1.86. The van der Waals surface area contributed by atoms with Gasteiger partial charge in [-0.3, -0.25) is 9.53 Å². The molecule has 0 fully saturated rings. The van der Waals surface area contributed by atoms with Crippen molar-refractivity contribution in [1.82, 2.24) is 0 Å². The van der Waals surface area contributed by atoms with Crippen molar-refractivity contribution in [2.45, 2.75) is 26.4 Å². The van der Waals surface area contributed by atoms with Crippen molar-refractivity contribution in [3.63, 3.8) is 0 Å². The van der Waals surface area contributed by atoms with E-state index in [0.29, 0.717) is 6.92 Å². The Balaban J connectivity index is 4.17. The molecule has 0 aromatic rings. The maximum atomic E-state index is 11.5. The molecule has 9 heteroatoms. The van der Waals surface area contributed by atoms with Gasteiger partial charge in [-0.15, -0.1) is 13.2 Å². The Labute approximate surface area is 74.5 Å². The maximum Gasteiger partial charge on any atom is 0.527 e. The molecule has 0 bridgehead atoms. The molecule has 0 aliphatic carbocycles. The van der Waals surface area contributed by atoms with Gasteiger partial charge in [0.2, 0.25) is 0 Å². The molecule has 0 heterocycles. The average molecular weight is 224 g/mol. The van der Waals surface area contributed by atoms with Gasteiger partial charge >= 0.3 is 25.4 Å². The van der Waals surface area contributed by atoms with Crippen LogP contribution in [0.4, 0.5) is 22.0 Å². The van der Waals surface area contributed by atoms with Gasteiger partial charge in [-0.05, 0) is 0 Å².